The molecule has 0 saturated heterocycles. The van der Waals surface area contributed by atoms with Crippen LogP contribution >= 0.6 is 11.6 Å². The molecule has 3 rings (SSSR count). The first-order chi connectivity index (χ1) is 12.7. The minimum Gasteiger partial charge on any atom is -0.361 e. The molecule has 0 saturated carbocycles. The van der Waals surface area contributed by atoms with Crippen molar-refractivity contribution in [3.05, 3.63) is 70.9 Å². The highest BCUT2D eigenvalue weighted by molar-refractivity contribution is 6.31. The molecule has 1 aromatic heterocycles. The van der Waals surface area contributed by atoms with Gasteiger partial charge < -0.3 is 10.3 Å². The van der Waals surface area contributed by atoms with Crippen molar-refractivity contribution >= 4 is 28.4 Å². The van der Waals surface area contributed by atoms with Gasteiger partial charge in [0.2, 0.25) is 5.91 Å². The fraction of sp³-hybridized carbons (Fsp3) is 0.318. The topological polar surface area (TPSA) is 44.9 Å². The fourth-order valence-corrected chi connectivity index (χ4v) is 3.80. The molecule has 4 heteroatoms. The number of hydrogen-bond acceptors (Lipinski definition) is 1. The quantitative estimate of drug-likeness (QED) is 0.567. The van der Waals surface area contributed by atoms with Crippen LogP contribution in [0.1, 0.15) is 43.7 Å². The van der Waals surface area contributed by atoms with E-state index in [4.69, 9.17) is 11.6 Å². The second kappa shape index (κ2) is 8.41. The lowest BCUT2D eigenvalue weighted by Gasteiger charge is -2.21. The molecular formula is C22H25ClN2O. The molecule has 3 nitrogen and oxygen atoms in total. The molecule has 2 aromatic carbocycles. The lowest BCUT2D eigenvalue weighted by molar-refractivity contribution is -0.125. The Bertz CT molecular complexity index is 882. The second-order valence-corrected chi connectivity index (χ2v) is 7.03. The number of aromatic amines is 1. The number of hydrogen-bond donors (Lipinski definition) is 2. The summed E-state index contributed by atoms with van der Waals surface area (Å²) in [6.45, 7) is 4.64. The molecule has 1 amide bonds. The van der Waals surface area contributed by atoms with Crippen LogP contribution in [0, 0.1) is 5.92 Å². The lowest BCUT2D eigenvalue weighted by Crippen LogP contribution is -2.33. The van der Waals surface area contributed by atoms with E-state index in [9.17, 15) is 4.79 Å². The van der Waals surface area contributed by atoms with E-state index in [-0.39, 0.29) is 17.7 Å². The third-order valence-corrected chi connectivity index (χ3v) is 5.46. The van der Waals surface area contributed by atoms with Crippen LogP contribution in [0.25, 0.3) is 10.9 Å². The van der Waals surface area contributed by atoms with Gasteiger partial charge in [-0.05, 0) is 36.1 Å². The molecule has 0 aliphatic heterocycles. The SMILES string of the molecule is CCC(CC)C(=O)NC[C@@H](c1ccccc1Cl)c1c[nH]c2ccccc12. The number of carbonyl (C=O) groups is 1. The predicted octanol–water partition coefficient (Wildman–Crippen LogP) is 5.51. The van der Waals surface area contributed by atoms with Crippen molar-refractivity contribution in [3.8, 4) is 0 Å². The van der Waals surface area contributed by atoms with Crippen molar-refractivity contribution < 1.29 is 4.79 Å². The van der Waals surface area contributed by atoms with Gasteiger partial charge in [0.05, 0.1) is 0 Å². The first-order valence-electron chi connectivity index (χ1n) is 9.23. The monoisotopic (exact) mass is 368 g/mol. The minimum absolute atomic E-state index is 0.00170. The molecule has 0 fully saturated rings. The molecule has 1 heterocycles. The molecule has 0 radical (unpaired) electrons. The Balaban J connectivity index is 1.95. The molecule has 0 unspecified atom stereocenters. The van der Waals surface area contributed by atoms with Gasteiger partial charge in [-0.1, -0.05) is 61.8 Å². The summed E-state index contributed by atoms with van der Waals surface area (Å²) in [6.07, 6.45) is 3.74. The van der Waals surface area contributed by atoms with Crippen molar-refractivity contribution in [2.45, 2.75) is 32.6 Å². The maximum absolute atomic E-state index is 12.5. The van der Waals surface area contributed by atoms with Gasteiger partial charge in [-0.2, -0.15) is 0 Å². The molecule has 136 valence electrons. The fourth-order valence-electron chi connectivity index (χ4n) is 3.53. The summed E-state index contributed by atoms with van der Waals surface area (Å²) in [7, 11) is 0. The Morgan fingerprint density at radius 1 is 1.04 bits per heavy atom. The smallest absolute Gasteiger partial charge is 0.223 e. The molecule has 0 bridgehead atoms. The molecule has 0 spiro atoms. The number of carbonyl (C=O) groups excluding carboxylic acids is 1. The van der Waals surface area contributed by atoms with Crippen molar-refractivity contribution in [2.24, 2.45) is 5.92 Å². The van der Waals surface area contributed by atoms with Crippen molar-refractivity contribution in [3.63, 3.8) is 0 Å². The van der Waals surface area contributed by atoms with Gasteiger partial charge in [0.1, 0.15) is 0 Å². The molecule has 1 atom stereocenters. The Labute approximate surface area is 159 Å². The van der Waals surface area contributed by atoms with Gasteiger partial charge in [-0.25, -0.2) is 0 Å². The summed E-state index contributed by atoms with van der Waals surface area (Å²) in [4.78, 5) is 15.8. The number of H-pyrrole nitrogens is 1. The average Bonchev–Trinajstić information content (AvgIpc) is 3.08. The maximum atomic E-state index is 12.5. The van der Waals surface area contributed by atoms with Crippen LogP contribution in [0.15, 0.2) is 54.7 Å². The van der Waals surface area contributed by atoms with E-state index in [2.05, 4.69) is 36.3 Å². The van der Waals surface area contributed by atoms with E-state index >= 15 is 0 Å². The maximum Gasteiger partial charge on any atom is 0.223 e. The summed E-state index contributed by atoms with van der Waals surface area (Å²) >= 11 is 6.50. The first kappa shape index (κ1) is 18.5. The highest BCUT2D eigenvalue weighted by Gasteiger charge is 2.22. The van der Waals surface area contributed by atoms with Gasteiger partial charge in [0, 0.05) is 40.5 Å². The average molecular weight is 369 g/mol. The minimum atomic E-state index is -0.00170. The third-order valence-electron chi connectivity index (χ3n) is 5.11. The Hall–Kier alpha value is -2.26. The standard InChI is InChI=1S/C22H25ClN2O/c1-3-15(4-2)22(26)25-14-18(16-9-5-7-11-20(16)23)19-13-24-21-12-8-6-10-17(19)21/h5-13,15,18,24H,3-4,14H2,1-2H3,(H,25,26)/t18-/m0/s1. The number of nitrogens with one attached hydrogen (secondary N) is 2. The summed E-state index contributed by atoms with van der Waals surface area (Å²) < 4.78 is 0. The van der Waals surface area contributed by atoms with Crippen LogP contribution in [0.2, 0.25) is 5.02 Å². The van der Waals surface area contributed by atoms with E-state index in [0.717, 1.165) is 39.9 Å². The largest absolute Gasteiger partial charge is 0.361 e. The van der Waals surface area contributed by atoms with Gasteiger partial charge in [0.25, 0.3) is 0 Å². The van der Waals surface area contributed by atoms with E-state index in [1.54, 1.807) is 0 Å². The highest BCUT2D eigenvalue weighted by atomic mass is 35.5. The Morgan fingerprint density at radius 2 is 1.73 bits per heavy atom. The van der Waals surface area contributed by atoms with Crippen LogP contribution in [-0.2, 0) is 4.79 Å². The molecule has 0 aliphatic carbocycles. The van der Waals surface area contributed by atoms with Crippen LogP contribution in [0.5, 0.6) is 0 Å². The van der Waals surface area contributed by atoms with Crippen molar-refractivity contribution in [1.29, 1.82) is 0 Å². The van der Waals surface area contributed by atoms with E-state index < -0.39 is 0 Å². The molecule has 26 heavy (non-hydrogen) atoms. The van der Waals surface area contributed by atoms with Gasteiger partial charge in [0.15, 0.2) is 0 Å². The predicted molar refractivity (Wildman–Crippen MR) is 109 cm³/mol. The number of halogens is 1. The van der Waals surface area contributed by atoms with Crippen molar-refractivity contribution in [2.75, 3.05) is 6.54 Å². The van der Waals surface area contributed by atoms with Gasteiger partial charge in [-0.15, -0.1) is 0 Å². The summed E-state index contributed by atoms with van der Waals surface area (Å²) in [5.41, 5.74) is 3.27. The molecule has 2 N–H and O–H groups in total. The normalized spacial score (nSPS) is 12.5. The molecular weight excluding hydrogens is 344 g/mol. The van der Waals surface area contributed by atoms with E-state index in [0.29, 0.717) is 6.54 Å². The van der Waals surface area contributed by atoms with Gasteiger partial charge in [-0.3, -0.25) is 4.79 Å². The molecule has 0 aliphatic rings. The third kappa shape index (κ3) is 3.78. The zero-order chi connectivity index (χ0) is 18.5. The van der Waals surface area contributed by atoms with E-state index in [1.165, 1.54) is 0 Å². The zero-order valence-corrected chi connectivity index (χ0v) is 16.0. The van der Waals surface area contributed by atoms with E-state index in [1.807, 2.05) is 42.6 Å². The van der Waals surface area contributed by atoms with Crippen LogP contribution in [0.3, 0.4) is 0 Å². The number of para-hydroxylation sites is 1. The summed E-state index contributed by atoms with van der Waals surface area (Å²) in [5, 5.41) is 5.04. The first-order valence-corrected chi connectivity index (χ1v) is 9.61. The molecule has 3 aromatic rings. The second-order valence-electron chi connectivity index (χ2n) is 6.62. The summed E-state index contributed by atoms with van der Waals surface area (Å²) in [5.74, 6) is 0.176. The number of benzene rings is 2. The van der Waals surface area contributed by atoms with Crippen molar-refractivity contribution in [1.82, 2.24) is 10.3 Å². The van der Waals surface area contributed by atoms with Gasteiger partial charge >= 0.3 is 0 Å². The number of fused-ring (bicyclic) bond motifs is 1. The summed E-state index contributed by atoms with van der Waals surface area (Å²) in [6, 6.07) is 16.1. The lowest BCUT2D eigenvalue weighted by atomic mass is 9.90. The van der Waals surface area contributed by atoms with Crippen LogP contribution in [0.4, 0.5) is 0 Å². The van der Waals surface area contributed by atoms with Crippen LogP contribution in [-0.4, -0.2) is 17.4 Å². The Morgan fingerprint density at radius 3 is 2.46 bits per heavy atom. The zero-order valence-electron chi connectivity index (χ0n) is 15.3. The van der Waals surface area contributed by atoms with Crippen LogP contribution < -0.4 is 5.32 Å². The number of amides is 1. The number of aromatic nitrogens is 1. The highest BCUT2D eigenvalue weighted by Crippen LogP contribution is 2.34. The number of rotatable bonds is 7. The Kier molecular flexibility index (Phi) is 6.00.